The maximum absolute atomic E-state index is 5.60. The Morgan fingerprint density at radius 2 is 0.822 bits per heavy atom. The summed E-state index contributed by atoms with van der Waals surface area (Å²) in [6.07, 6.45) is 1.74. The predicted molar refractivity (Wildman–Crippen MR) is 196 cm³/mol. The van der Waals surface area contributed by atoms with Crippen LogP contribution in [0.2, 0.25) is 0 Å². The summed E-state index contributed by atoms with van der Waals surface area (Å²) in [5.41, 5.74) is 8.17. The average molecular weight is 609 g/mol. The third-order valence-electron chi connectivity index (χ3n) is 9.13. The van der Waals surface area contributed by atoms with Gasteiger partial charge in [-0.1, -0.05) is 97.1 Å². The van der Waals surface area contributed by atoms with E-state index in [-0.39, 0.29) is 0 Å². The standard InChI is InChI=1S/C42H24OS2/c1-2-4-31-23-39-36(20-30(31)3-1)41-42(44-39)37-21-33-16-15-32(19-35(33)24-40(37)45-41)27-9-5-25(6-10-27)26-7-11-28(12-8-26)34-14-13-29-17-18-43-38(29)22-34/h1-24H. The number of thiophene rings is 2. The van der Waals surface area contributed by atoms with Crippen LogP contribution in [0, 0.1) is 0 Å². The van der Waals surface area contributed by atoms with Gasteiger partial charge in [0.2, 0.25) is 0 Å². The second-order valence-corrected chi connectivity index (χ2v) is 13.9. The highest BCUT2D eigenvalue weighted by molar-refractivity contribution is 7.36. The Balaban J connectivity index is 0.972. The van der Waals surface area contributed by atoms with E-state index >= 15 is 0 Å². The van der Waals surface area contributed by atoms with Gasteiger partial charge in [-0.2, -0.15) is 0 Å². The van der Waals surface area contributed by atoms with E-state index in [9.17, 15) is 0 Å². The Bertz CT molecular complexity index is 2740. The molecule has 0 radical (unpaired) electrons. The van der Waals surface area contributed by atoms with Gasteiger partial charge in [-0.25, -0.2) is 0 Å². The number of furan rings is 1. The zero-order valence-electron chi connectivity index (χ0n) is 24.1. The molecule has 0 fully saturated rings. The third-order valence-corrected chi connectivity index (χ3v) is 11.6. The Hall–Kier alpha value is -5.22. The first-order valence-corrected chi connectivity index (χ1v) is 16.8. The molecule has 0 atom stereocenters. The maximum atomic E-state index is 5.60. The largest absolute Gasteiger partial charge is 0.464 e. The Kier molecular flexibility index (Phi) is 5.39. The molecule has 3 aromatic heterocycles. The fraction of sp³-hybridized carbons (Fsp3) is 0. The van der Waals surface area contributed by atoms with Crippen molar-refractivity contribution in [2.24, 2.45) is 0 Å². The molecule has 7 aromatic carbocycles. The Labute approximate surface area is 267 Å². The summed E-state index contributed by atoms with van der Waals surface area (Å²) in [7, 11) is 0. The second-order valence-electron chi connectivity index (χ2n) is 11.8. The summed E-state index contributed by atoms with van der Waals surface area (Å²) >= 11 is 3.86. The van der Waals surface area contributed by atoms with E-state index in [0.29, 0.717) is 0 Å². The molecule has 0 saturated heterocycles. The predicted octanol–water partition coefficient (Wildman–Crippen LogP) is 13.3. The molecule has 0 spiro atoms. The zero-order valence-corrected chi connectivity index (χ0v) is 25.7. The van der Waals surface area contributed by atoms with Gasteiger partial charge >= 0.3 is 0 Å². The van der Waals surface area contributed by atoms with Crippen LogP contribution >= 0.6 is 22.7 Å². The molecule has 0 bridgehead atoms. The molecule has 1 nitrogen and oxygen atoms in total. The first-order valence-electron chi connectivity index (χ1n) is 15.1. The minimum atomic E-state index is 0.919. The summed E-state index contributed by atoms with van der Waals surface area (Å²) in [5, 5.41) is 9.08. The molecular weight excluding hydrogens is 585 g/mol. The summed E-state index contributed by atoms with van der Waals surface area (Å²) < 4.78 is 11.2. The van der Waals surface area contributed by atoms with Crippen LogP contribution in [-0.4, -0.2) is 0 Å². The first kappa shape index (κ1) is 25.1. The van der Waals surface area contributed by atoms with Crippen LogP contribution in [0.25, 0.3) is 95.5 Å². The second kappa shape index (κ2) is 9.64. The lowest BCUT2D eigenvalue weighted by atomic mass is 9.97. The number of fused-ring (bicyclic) bond motifs is 8. The van der Waals surface area contributed by atoms with Crippen LogP contribution in [0.4, 0.5) is 0 Å². The van der Waals surface area contributed by atoms with Crippen LogP contribution in [0.5, 0.6) is 0 Å². The van der Waals surface area contributed by atoms with Crippen LogP contribution in [0.1, 0.15) is 0 Å². The average Bonchev–Trinajstić information content (AvgIpc) is 3.80. The molecule has 0 amide bonds. The minimum absolute atomic E-state index is 0.919. The lowest BCUT2D eigenvalue weighted by Crippen LogP contribution is -1.83. The highest BCUT2D eigenvalue weighted by Gasteiger charge is 2.14. The van der Waals surface area contributed by atoms with E-state index in [0.717, 1.165) is 16.5 Å². The van der Waals surface area contributed by atoms with Crippen LogP contribution in [0.15, 0.2) is 150 Å². The van der Waals surface area contributed by atoms with E-state index in [1.807, 2.05) is 28.7 Å². The molecule has 3 heterocycles. The Morgan fingerprint density at radius 1 is 0.356 bits per heavy atom. The first-order chi connectivity index (χ1) is 22.2. The van der Waals surface area contributed by atoms with Gasteiger partial charge in [0.25, 0.3) is 0 Å². The van der Waals surface area contributed by atoms with Gasteiger partial charge < -0.3 is 4.42 Å². The number of benzene rings is 7. The molecule has 3 heteroatoms. The summed E-state index contributed by atoms with van der Waals surface area (Å²) in [5.74, 6) is 0. The molecule has 45 heavy (non-hydrogen) atoms. The van der Waals surface area contributed by atoms with Crippen LogP contribution in [-0.2, 0) is 0 Å². The SMILES string of the molecule is c1ccc2cc3c(cc2c1)sc1c2cc4ccc(-c5ccc(-c6ccc(-c7ccc8ccoc8c7)cc6)cc5)cc4cc2sc31. The van der Waals surface area contributed by atoms with Gasteiger partial charge in [0.15, 0.2) is 0 Å². The molecular formula is C42H24OS2. The fourth-order valence-corrected chi connectivity index (χ4v) is 9.41. The van der Waals surface area contributed by atoms with Crippen molar-refractivity contribution in [2.75, 3.05) is 0 Å². The molecule has 0 aliphatic carbocycles. The molecule has 10 rings (SSSR count). The molecule has 0 unspecified atom stereocenters. The van der Waals surface area contributed by atoms with Gasteiger partial charge in [-0.05, 0) is 97.4 Å². The van der Waals surface area contributed by atoms with E-state index < -0.39 is 0 Å². The van der Waals surface area contributed by atoms with E-state index in [2.05, 4.69) is 133 Å². The van der Waals surface area contributed by atoms with Crippen molar-refractivity contribution in [2.45, 2.75) is 0 Å². The monoisotopic (exact) mass is 608 g/mol. The van der Waals surface area contributed by atoms with E-state index in [4.69, 9.17) is 4.42 Å². The van der Waals surface area contributed by atoms with Gasteiger partial charge in [0.05, 0.1) is 15.7 Å². The summed E-state index contributed by atoms with van der Waals surface area (Å²) in [6, 6.07) is 51.2. The van der Waals surface area contributed by atoms with E-state index in [1.54, 1.807) is 6.26 Å². The van der Waals surface area contributed by atoms with Gasteiger partial charge in [-0.15, -0.1) is 22.7 Å². The molecule has 10 aromatic rings. The van der Waals surface area contributed by atoms with E-state index in [1.165, 1.54) is 78.9 Å². The fourth-order valence-electron chi connectivity index (χ4n) is 6.71. The van der Waals surface area contributed by atoms with Gasteiger partial charge in [0.1, 0.15) is 5.58 Å². The lowest BCUT2D eigenvalue weighted by molar-refractivity contribution is 0.616. The molecule has 0 N–H and O–H groups in total. The smallest absolute Gasteiger partial charge is 0.134 e. The molecule has 0 saturated carbocycles. The van der Waals surface area contributed by atoms with Crippen molar-refractivity contribution >= 4 is 84.8 Å². The van der Waals surface area contributed by atoms with Crippen molar-refractivity contribution < 1.29 is 4.42 Å². The molecule has 0 aliphatic heterocycles. The lowest BCUT2D eigenvalue weighted by Gasteiger charge is -2.08. The highest BCUT2D eigenvalue weighted by Crippen LogP contribution is 2.46. The summed E-state index contributed by atoms with van der Waals surface area (Å²) in [4.78, 5) is 0. The van der Waals surface area contributed by atoms with Crippen molar-refractivity contribution in [1.82, 2.24) is 0 Å². The normalized spacial score (nSPS) is 12.0. The van der Waals surface area contributed by atoms with Crippen LogP contribution < -0.4 is 0 Å². The maximum Gasteiger partial charge on any atom is 0.134 e. The topological polar surface area (TPSA) is 13.1 Å². The Morgan fingerprint density at radius 3 is 1.44 bits per heavy atom. The quantitative estimate of drug-likeness (QED) is 0.194. The highest BCUT2D eigenvalue weighted by atomic mass is 32.1. The number of hydrogen-bond acceptors (Lipinski definition) is 3. The van der Waals surface area contributed by atoms with Crippen molar-refractivity contribution in [3.8, 4) is 33.4 Å². The van der Waals surface area contributed by atoms with Crippen molar-refractivity contribution in [3.63, 3.8) is 0 Å². The van der Waals surface area contributed by atoms with Crippen molar-refractivity contribution in [1.29, 1.82) is 0 Å². The van der Waals surface area contributed by atoms with Crippen molar-refractivity contribution in [3.05, 3.63) is 146 Å². The number of rotatable bonds is 3. The molecule has 0 aliphatic rings. The molecule has 210 valence electrons. The third kappa shape index (κ3) is 4.05. The minimum Gasteiger partial charge on any atom is -0.464 e. The van der Waals surface area contributed by atoms with Gasteiger partial charge in [0, 0.05) is 25.6 Å². The van der Waals surface area contributed by atoms with Crippen LogP contribution in [0.3, 0.4) is 0 Å². The summed E-state index contributed by atoms with van der Waals surface area (Å²) in [6.45, 7) is 0. The van der Waals surface area contributed by atoms with Gasteiger partial charge in [-0.3, -0.25) is 0 Å². The zero-order chi connectivity index (χ0) is 29.5. The number of hydrogen-bond donors (Lipinski definition) is 0.